The summed E-state index contributed by atoms with van der Waals surface area (Å²) in [6.45, 7) is 13.6. The smallest absolute Gasteiger partial charge is 0.0596 e. The van der Waals surface area contributed by atoms with Gasteiger partial charge in [-0.05, 0) is 20.8 Å². The number of nitrogens with zero attached hydrogens (tertiary/aromatic N) is 2. The summed E-state index contributed by atoms with van der Waals surface area (Å²) in [6.07, 6.45) is 0.346. The van der Waals surface area contributed by atoms with Crippen LogP contribution in [0.1, 0.15) is 20.8 Å². The summed E-state index contributed by atoms with van der Waals surface area (Å²) in [7, 11) is 0. The van der Waals surface area contributed by atoms with E-state index in [1.165, 1.54) is 0 Å². The highest BCUT2D eigenvalue weighted by molar-refractivity contribution is 4.76. The fraction of sp³-hybridized carbons (Fsp3) is 1.00. The Labute approximate surface area is 99.7 Å². The Morgan fingerprint density at radius 1 is 1.12 bits per heavy atom. The van der Waals surface area contributed by atoms with E-state index in [-0.39, 0.29) is 0 Å². The van der Waals surface area contributed by atoms with Crippen LogP contribution in [0, 0.1) is 0 Å². The predicted molar refractivity (Wildman–Crippen MR) is 67.6 cm³/mol. The molecule has 2 N–H and O–H groups in total. The second kappa shape index (κ2) is 7.22. The van der Waals surface area contributed by atoms with E-state index in [1.54, 1.807) is 0 Å². The van der Waals surface area contributed by atoms with E-state index in [4.69, 9.17) is 10.5 Å². The van der Waals surface area contributed by atoms with E-state index in [0.29, 0.717) is 12.1 Å². The third kappa shape index (κ3) is 4.78. The molecule has 96 valence electrons. The van der Waals surface area contributed by atoms with Crippen molar-refractivity contribution in [2.75, 3.05) is 45.9 Å². The third-order valence-corrected chi connectivity index (χ3v) is 3.23. The molecule has 1 saturated heterocycles. The molecule has 0 aromatic carbocycles. The zero-order chi connectivity index (χ0) is 12.0. The number of rotatable bonds is 6. The van der Waals surface area contributed by atoms with Gasteiger partial charge >= 0.3 is 0 Å². The van der Waals surface area contributed by atoms with Crippen LogP contribution in [0.4, 0.5) is 0 Å². The van der Waals surface area contributed by atoms with Gasteiger partial charge in [-0.15, -0.1) is 0 Å². The molecule has 0 bridgehead atoms. The summed E-state index contributed by atoms with van der Waals surface area (Å²) < 4.78 is 5.56. The SMILES string of the molecule is CC(C)OCCN1CCN(C(C)CN)CC1. The zero-order valence-corrected chi connectivity index (χ0v) is 11.0. The predicted octanol–water partition coefficient (Wildman–Crippen LogP) is 0.376. The Morgan fingerprint density at radius 2 is 1.75 bits per heavy atom. The van der Waals surface area contributed by atoms with Crippen LogP contribution in [0.25, 0.3) is 0 Å². The van der Waals surface area contributed by atoms with Gasteiger partial charge in [0.25, 0.3) is 0 Å². The van der Waals surface area contributed by atoms with Crippen molar-refractivity contribution in [2.24, 2.45) is 5.73 Å². The van der Waals surface area contributed by atoms with E-state index < -0.39 is 0 Å². The maximum Gasteiger partial charge on any atom is 0.0596 e. The van der Waals surface area contributed by atoms with Gasteiger partial charge in [0.05, 0.1) is 12.7 Å². The van der Waals surface area contributed by atoms with Gasteiger partial charge in [-0.1, -0.05) is 0 Å². The maximum absolute atomic E-state index is 5.68. The third-order valence-electron chi connectivity index (χ3n) is 3.23. The fourth-order valence-electron chi connectivity index (χ4n) is 1.99. The molecule has 1 aliphatic heterocycles. The van der Waals surface area contributed by atoms with Crippen molar-refractivity contribution in [3.63, 3.8) is 0 Å². The summed E-state index contributed by atoms with van der Waals surface area (Å²) in [6, 6.07) is 0.522. The van der Waals surface area contributed by atoms with E-state index in [0.717, 1.165) is 45.9 Å². The molecule has 0 aliphatic carbocycles. The lowest BCUT2D eigenvalue weighted by Crippen LogP contribution is -2.51. The summed E-state index contributed by atoms with van der Waals surface area (Å²) in [5.74, 6) is 0. The first-order chi connectivity index (χ1) is 7.63. The van der Waals surface area contributed by atoms with Crippen molar-refractivity contribution in [3.8, 4) is 0 Å². The highest BCUT2D eigenvalue weighted by Crippen LogP contribution is 2.05. The Morgan fingerprint density at radius 3 is 2.25 bits per heavy atom. The molecular formula is C12H27N3O. The van der Waals surface area contributed by atoms with Crippen LogP contribution in [0.2, 0.25) is 0 Å². The molecule has 0 spiro atoms. The topological polar surface area (TPSA) is 41.7 Å². The normalized spacial score (nSPS) is 21.6. The van der Waals surface area contributed by atoms with Crippen molar-refractivity contribution in [1.29, 1.82) is 0 Å². The van der Waals surface area contributed by atoms with Crippen molar-refractivity contribution in [1.82, 2.24) is 9.80 Å². The number of nitrogens with two attached hydrogens (primary N) is 1. The van der Waals surface area contributed by atoms with E-state index in [2.05, 4.69) is 30.6 Å². The van der Waals surface area contributed by atoms with E-state index in [1.807, 2.05) is 0 Å². The molecule has 1 rings (SSSR count). The average Bonchev–Trinajstić information content (AvgIpc) is 2.28. The standard InChI is InChI=1S/C12H27N3O/c1-11(2)16-9-8-14-4-6-15(7-5-14)12(3)10-13/h11-12H,4-10,13H2,1-3H3. The lowest BCUT2D eigenvalue weighted by atomic mass is 10.2. The van der Waals surface area contributed by atoms with Gasteiger partial charge in [0.1, 0.15) is 0 Å². The highest BCUT2D eigenvalue weighted by Gasteiger charge is 2.19. The van der Waals surface area contributed by atoms with Gasteiger partial charge in [0.2, 0.25) is 0 Å². The molecule has 1 unspecified atom stereocenters. The Kier molecular flexibility index (Phi) is 6.28. The zero-order valence-electron chi connectivity index (χ0n) is 11.0. The molecule has 1 aliphatic rings. The lowest BCUT2D eigenvalue weighted by molar-refractivity contribution is 0.0397. The molecule has 16 heavy (non-hydrogen) atoms. The Hall–Kier alpha value is -0.160. The Bertz CT molecular complexity index is 179. The molecule has 1 atom stereocenters. The minimum atomic E-state index is 0.346. The van der Waals surface area contributed by atoms with E-state index >= 15 is 0 Å². The molecule has 0 aromatic rings. The fourth-order valence-corrected chi connectivity index (χ4v) is 1.99. The van der Waals surface area contributed by atoms with Gasteiger partial charge in [-0.3, -0.25) is 9.80 Å². The first kappa shape index (κ1) is 13.9. The van der Waals surface area contributed by atoms with Crippen molar-refractivity contribution >= 4 is 0 Å². The molecule has 0 aromatic heterocycles. The number of hydrogen-bond acceptors (Lipinski definition) is 4. The van der Waals surface area contributed by atoms with Gasteiger partial charge < -0.3 is 10.5 Å². The molecule has 1 fully saturated rings. The summed E-state index contributed by atoms with van der Waals surface area (Å²) >= 11 is 0. The molecular weight excluding hydrogens is 202 g/mol. The minimum absolute atomic E-state index is 0.346. The van der Waals surface area contributed by atoms with Crippen LogP contribution in [0.15, 0.2) is 0 Å². The Balaban J connectivity index is 2.12. The molecule has 0 saturated carbocycles. The molecule has 4 heteroatoms. The van der Waals surface area contributed by atoms with Gasteiger partial charge in [-0.25, -0.2) is 0 Å². The largest absolute Gasteiger partial charge is 0.377 e. The van der Waals surface area contributed by atoms with Crippen LogP contribution in [-0.2, 0) is 4.74 Å². The minimum Gasteiger partial charge on any atom is -0.377 e. The van der Waals surface area contributed by atoms with E-state index in [9.17, 15) is 0 Å². The van der Waals surface area contributed by atoms with Crippen LogP contribution in [-0.4, -0.2) is 67.8 Å². The summed E-state index contributed by atoms with van der Waals surface area (Å²) in [5, 5.41) is 0. The van der Waals surface area contributed by atoms with Crippen LogP contribution in [0.3, 0.4) is 0 Å². The number of piperazine rings is 1. The number of ether oxygens (including phenoxy) is 1. The monoisotopic (exact) mass is 229 g/mol. The molecule has 4 nitrogen and oxygen atoms in total. The van der Waals surface area contributed by atoms with Crippen LogP contribution >= 0.6 is 0 Å². The van der Waals surface area contributed by atoms with Crippen LogP contribution in [0.5, 0.6) is 0 Å². The summed E-state index contributed by atoms with van der Waals surface area (Å²) in [5.41, 5.74) is 5.68. The molecule has 1 heterocycles. The quantitative estimate of drug-likeness (QED) is 0.715. The lowest BCUT2D eigenvalue weighted by Gasteiger charge is -2.37. The van der Waals surface area contributed by atoms with Crippen molar-refractivity contribution in [3.05, 3.63) is 0 Å². The first-order valence-corrected chi connectivity index (χ1v) is 6.41. The molecule has 0 amide bonds. The maximum atomic E-state index is 5.68. The number of hydrogen-bond donors (Lipinski definition) is 1. The van der Waals surface area contributed by atoms with Crippen molar-refractivity contribution < 1.29 is 4.74 Å². The van der Waals surface area contributed by atoms with Gasteiger partial charge in [0.15, 0.2) is 0 Å². The highest BCUT2D eigenvalue weighted by atomic mass is 16.5. The molecule has 0 radical (unpaired) electrons. The van der Waals surface area contributed by atoms with Gasteiger partial charge in [0, 0.05) is 45.3 Å². The van der Waals surface area contributed by atoms with Crippen LogP contribution < -0.4 is 5.73 Å². The average molecular weight is 229 g/mol. The van der Waals surface area contributed by atoms with Gasteiger partial charge in [-0.2, -0.15) is 0 Å². The second-order valence-electron chi connectivity index (χ2n) is 4.88. The van der Waals surface area contributed by atoms with Crippen molar-refractivity contribution in [2.45, 2.75) is 32.9 Å². The first-order valence-electron chi connectivity index (χ1n) is 6.41. The second-order valence-corrected chi connectivity index (χ2v) is 4.88. The summed E-state index contributed by atoms with van der Waals surface area (Å²) in [4.78, 5) is 4.95.